The third-order valence-electron chi connectivity index (χ3n) is 2.57. The Morgan fingerprint density at radius 2 is 2.35 bits per heavy atom. The molecule has 0 bridgehead atoms. The van der Waals surface area contributed by atoms with E-state index in [4.69, 9.17) is 5.26 Å². The quantitative estimate of drug-likeness (QED) is 0.899. The number of hydrogen-bond donors (Lipinski definition) is 2. The lowest BCUT2D eigenvalue weighted by Crippen LogP contribution is -2.14. The van der Waals surface area contributed by atoms with Crippen molar-refractivity contribution in [2.24, 2.45) is 0 Å². The van der Waals surface area contributed by atoms with Crippen LogP contribution in [0.15, 0.2) is 22.7 Å². The SMILES string of the molecule is CCCc1nc(C(=O)Nc2ccc(Br)cc2C#N)n[nH]1. The van der Waals surface area contributed by atoms with Crippen molar-refractivity contribution >= 4 is 27.5 Å². The number of H-pyrrole nitrogens is 1. The van der Waals surface area contributed by atoms with Crippen molar-refractivity contribution in [2.45, 2.75) is 19.8 Å². The van der Waals surface area contributed by atoms with Gasteiger partial charge in [-0.25, -0.2) is 4.98 Å². The molecule has 1 aromatic heterocycles. The number of carbonyl (C=O) groups is 1. The fraction of sp³-hybridized carbons (Fsp3) is 0.231. The van der Waals surface area contributed by atoms with E-state index in [1.807, 2.05) is 13.0 Å². The van der Waals surface area contributed by atoms with Crippen molar-refractivity contribution in [1.82, 2.24) is 15.2 Å². The highest BCUT2D eigenvalue weighted by Crippen LogP contribution is 2.20. The molecule has 2 N–H and O–H groups in total. The lowest BCUT2D eigenvalue weighted by molar-refractivity contribution is 0.101. The maximum absolute atomic E-state index is 12.0. The molecule has 1 heterocycles. The smallest absolute Gasteiger partial charge is 0.295 e. The maximum Gasteiger partial charge on any atom is 0.295 e. The fourth-order valence-corrected chi connectivity index (χ4v) is 2.00. The number of hydrogen-bond acceptors (Lipinski definition) is 4. The van der Waals surface area contributed by atoms with Gasteiger partial charge in [-0.1, -0.05) is 22.9 Å². The van der Waals surface area contributed by atoms with E-state index in [0.29, 0.717) is 17.1 Å². The molecule has 0 aliphatic heterocycles. The summed E-state index contributed by atoms with van der Waals surface area (Å²) in [4.78, 5) is 16.1. The fourth-order valence-electron chi connectivity index (χ4n) is 1.64. The van der Waals surface area contributed by atoms with Gasteiger partial charge < -0.3 is 5.32 Å². The first-order chi connectivity index (χ1) is 9.63. The van der Waals surface area contributed by atoms with Crippen LogP contribution in [0.3, 0.4) is 0 Å². The van der Waals surface area contributed by atoms with E-state index >= 15 is 0 Å². The van der Waals surface area contributed by atoms with Crippen LogP contribution >= 0.6 is 15.9 Å². The highest BCUT2D eigenvalue weighted by Gasteiger charge is 2.14. The minimum atomic E-state index is -0.442. The van der Waals surface area contributed by atoms with Crippen LogP contribution in [0.5, 0.6) is 0 Å². The second-order valence-electron chi connectivity index (χ2n) is 4.11. The Kier molecular flexibility index (Phi) is 4.48. The Hall–Kier alpha value is -2.20. The van der Waals surface area contributed by atoms with Gasteiger partial charge in [-0.15, -0.1) is 5.10 Å². The number of aromatic amines is 1. The van der Waals surface area contributed by atoms with Crippen LogP contribution in [-0.2, 0) is 6.42 Å². The summed E-state index contributed by atoms with van der Waals surface area (Å²) in [6.07, 6.45) is 1.66. The molecule has 0 unspecified atom stereocenters. The van der Waals surface area contributed by atoms with Gasteiger partial charge in [0.2, 0.25) is 5.82 Å². The number of anilines is 1. The van der Waals surface area contributed by atoms with Crippen molar-refractivity contribution in [1.29, 1.82) is 5.26 Å². The number of rotatable bonds is 4. The Labute approximate surface area is 124 Å². The van der Waals surface area contributed by atoms with Gasteiger partial charge in [-0.05, 0) is 24.6 Å². The number of amides is 1. The van der Waals surface area contributed by atoms with E-state index in [2.05, 4.69) is 36.4 Å². The molecule has 7 heteroatoms. The summed E-state index contributed by atoms with van der Waals surface area (Å²) in [5, 5.41) is 18.3. The number of aryl methyl sites for hydroxylation is 1. The monoisotopic (exact) mass is 333 g/mol. The van der Waals surface area contributed by atoms with Gasteiger partial charge in [0, 0.05) is 10.9 Å². The molecule has 0 saturated carbocycles. The van der Waals surface area contributed by atoms with E-state index in [1.165, 1.54) is 0 Å². The number of carbonyl (C=O) groups excluding carboxylic acids is 1. The first kappa shape index (κ1) is 14.2. The lowest BCUT2D eigenvalue weighted by atomic mass is 10.2. The third-order valence-corrected chi connectivity index (χ3v) is 3.07. The number of nitrogens with one attached hydrogen (secondary N) is 2. The van der Waals surface area contributed by atoms with Crippen molar-refractivity contribution < 1.29 is 4.79 Å². The summed E-state index contributed by atoms with van der Waals surface area (Å²) < 4.78 is 0.773. The van der Waals surface area contributed by atoms with E-state index in [0.717, 1.165) is 17.3 Å². The molecular weight excluding hydrogens is 322 g/mol. The maximum atomic E-state index is 12.0. The van der Waals surface area contributed by atoms with E-state index in [1.54, 1.807) is 18.2 Å². The molecule has 2 rings (SSSR count). The second-order valence-corrected chi connectivity index (χ2v) is 5.03. The topological polar surface area (TPSA) is 94.5 Å². The van der Waals surface area contributed by atoms with Crippen LogP contribution in [0, 0.1) is 11.3 Å². The predicted molar refractivity (Wildman–Crippen MR) is 77.2 cm³/mol. The Morgan fingerprint density at radius 3 is 3.05 bits per heavy atom. The number of halogens is 1. The van der Waals surface area contributed by atoms with Gasteiger partial charge >= 0.3 is 0 Å². The molecule has 2 aromatic rings. The van der Waals surface area contributed by atoms with Crippen LogP contribution < -0.4 is 5.32 Å². The van der Waals surface area contributed by atoms with Crippen LogP contribution in [-0.4, -0.2) is 21.1 Å². The van der Waals surface area contributed by atoms with E-state index in [9.17, 15) is 4.79 Å². The van der Waals surface area contributed by atoms with Gasteiger partial charge in [-0.3, -0.25) is 9.89 Å². The molecule has 0 aliphatic carbocycles. The molecular formula is C13H12BrN5O. The van der Waals surface area contributed by atoms with Gasteiger partial charge in [0.25, 0.3) is 5.91 Å². The normalized spacial score (nSPS) is 10.1. The van der Waals surface area contributed by atoms with Crippen LogP contribution in [0.2, 0.25) is 0 Å². The summed E-state index contributed by atoms with van der Waals surface area (Å²) in [5.74, 6) is 0.302. The number of nitrogens with zero attached hydrogens (tertiary/aromatic N) is 3. The standard InChI is InChI=1S/C13H12BrN5O/c1-2-3-11-17-12(19-18-11)13(20)16-10-5-4-9(14)6-8(10)7-15/h4-6H,2-3H2,1H3,(H,16,20)(H,17,18,19). The van der Waals surface area contributed by atoms with E-state index in [-0.39, 0.29) is 5.82 Å². The highest BCUT2D eigenvalue weighted by atomic mass is 79.9. The Morgan fingerprint density at radius 1 is 1.55 bits per heavy atom. The lowest BCUT2D eigenvalue weighted by Gasteiger charge is -2.04. The number of nitriles is 1. The van der Waals surface area contributed by atoms with Gasteiger partial charge in [0.15, 0.2) is 0 Å². The average Bonchev–Trinajstić information content (AvgIpc) is 2.90. The first-order valence-electron chi connectivity index (χ1n) is 6.06. The van der Waals surface area contributed by atoms with Crippen molar-refractivity contribution in [3.05, 3.63) is 39.9 Å². The van der Waals surface area contributed by atoms with Crippen molar-refractivity contribution in [3.63, 3.8) is 0 Å². The molecule has 6 nitrogen and oxygen atoms in total. The molecule has 1 aromatic carbocycles. The number of benzene rings is 1. The van der Waals surface area contributed by atoms with Crippen molar-refractivity contribution in [3.8, 4) is 6.07 Å². The molecule has 0 spiro atoms. The summed E-state index contributed by atoms with van der Waals surface area (Å²) in [5.41, 5.74) is 0.805. The van der Waals surface area contributed by atoms with Gasteiger partial charge in [-0.2, -0.15) is 5.26 Å². The van der Waals surface area contributed by atoms with Gasteiger partial charge in [0.05, 0.1) is 11.3 Å². The second kappa shape index (κ2) is 6.30. The predicted octanol–water partition coefficient (Wildman–Crippen LogP) is 2.64. The number of aromatic nitrogens is 3. The molecule has 102 valence electrons. The van der Waals surface area contributed by atoms with E-state index < -0.39 is 5.91 Å². The summed E-state index contributed by atoms with van der Waals surface area (Å²) in [6.45, 7) is 2.02. The zero-order valence-electron chi connectivity index (χ0n) is 10.8. The molecule has 0 fully saturated rings. The average molecular weight is 334 g/mol. The van der Waals surface area contributed by atoms with Crippen LogP contribution in [0.1, 0.15) is 35.4 Å². The summed E-state index contributed by atoms with van der Waals surface area (Å²) >= 11 is 3.28. The van der Waals surface area contributed by atoms with Crippen LogP contribution in [0.25, 0.3) is 0 Å². The van der Waals surface area contributed by atoms with Gasteiger partial charge in [0.1, 0.15) is 11.9 Å². The zero-order valence-corrected chi connectivity index (χ0v) is 12.4. The largest absolute Gasteiger partial charge is 0.318 e. The minimum absolute atomic E-state index is 0.0697. The Bertz CT molecular complexity index is 674. The summed E-state index contributed by atoms with van der Waals surface area (Å²) in [6, 6.07) is 7.06. The van der Waals surface area contributed by atoms with Crippen LogP contribution in [0.4, 0.5) is 5.69 Å². The van der Waals surface area contributed by atoms with Crippen molar-refractivity contribution in [2.75, 3.05) is 5.32 Å². The summed E-state index contributed by atoms with van der Waals surface area (Å²) in [7, 11) is 0. The molecule has 0 saturated heterocycles. The first-order valence-corrected chi connectivity index (χ1v) is 6.85. The zero-order chi connectivity index (χ0) is 14.5. The molecule has 0 radical (unpaired) electrons. The molecule has 20 heavy (non-hydrogen) atoms. The Balaban J connectivity index is 2.17. The minimum Gasteiger partial charge on any atom is -0.318 e. The highest BCUT2D eigenvalue weighted by molar-refractivity contribution is 9.10. The molecule has 1 amide bonds. The molecule has 0 atom stereocenters. The molecule has 0 aliphatic rings. The third kappa shape index (κ3) is 3.22.